The Morgan fingerprint density at radius 2 is 2.00 bits per heavy atom. The van der Waals surface area contributed by atoms with Gasteiger partial charge < -0.3 is 5.32 Å². The van der Waals surface area contributed by atoms with Crippen molar-refractivity contribution in [1.82, 2.24) is 10.0 Å². The number of rotatable bonds is 3. The summed E-state index contributed by atoms with van der Waals surface area (Å²) in [5.74, 6) is 0. The van der Waals surface area contributed by atoms with Crippen molar-refractivity contribution in [1.29, 1.82) is 0 Å². The van der Waals surface area contributed by atoms with Gasteiger partial charge in [0.05, 0.1) is 10.5 Å². The van der Waals surface area contributed by atoms with E-state index in [1.807, 2.05) is 0 Å². The van der Waals surface area contributed by atoms with Gasteiger partial charge in [-0.3, -0.25) is 0 Å². The lowest BCUT2D eigenvalue weighted by atomic mass is 10.2. The van der Waals surface area contributed by atoms with Crippen molar-refractivity contribution in [3.63, 3.8) is 0 Å². The molecule has 2 N–H and O–H groups in total. The summed E-state index contributed by atoms with van der Waals surface area (Å²) in [7, 11) is -4.02. The monoisotopic (exact) mass is 328 g/mol. The molecule has 1 aromatic rings. The highest BCUT2D eigenvalue weighted by atomic mass is 35.5. The maximum absolute atomic E-state index is 12.7. The van der Waals surface area contributed by atoms with Gasteiger partial charge in [0.25, 0.3) is 0 Å². The molecule has 1 heterocycles. The van der Waals surface area contributed by atoms with E-state index in [1.54, 1.807) is 0 Å². The number of benzene rings is 1. The summed E-state index contributed by atoms with van der Waals surface area (Å²) < 4.78 is 64.4. The molecule has 1 unspecified atom stereocenters. The van der Waals surface area contributed by atoms with Gasteiger partial charge in [0, 0.05) is 17.6 Å². The molecule has 0 aromatic heterocycles. The second kappa shape index (κ2) is 5.51. The maximum Gasteiger partial charge on any atom is 0.416 e. The molecule has 4 nitrogen and oxygen atoms in total. The molecule has 0 saturated carbocycles. The van der Waals surface area contributed by atoms with Crippen LogP contribution in [0.25, 0.3) is 0 Å². The zero-order valence-corrected chi connectivity index (χ0v) is 11.7. The summed E-state index contributed by atoms with van der Waals surface area (Å²) in [6.07, 6.45) is -4.06. The number of hydrogen-bond donors (Lipinski definition) is 2. The predicted octanol–water partition coefficient (Wildman–Crippen LogP) is 2.00. The Morgan fingerprint density at radius 1 is 1.30 bits per heavy atom. The van der Waals surface area contributed by atoms with Crippen LogP contribution in [-0.2, 0) is 16.2 Å². The molecular formula is C11H12ClF3N2O2S. The molecule has 112 valence electrons. The second-order valence-electron chi connectivity index (χ2n) is 4.48. The van der Waals surface area contributed by atoms with Gasteiger partial charge in [0.1, 0.15) is 0 Å². The number of hydrogen-bond acceptors (Lipinski definition) is 3. The molecule has 1 aromatic carbocycles. The van der Waals surface area contributed by atoms with Gasteiger partial charge in [-0.1, -0.05) is 11.6 Å². The highest BCUT2D eigenvalue weighted by molar-refractivity contribution is 7.89. The first kappa shape index (κ1) is 15.6. The lowest BCUT2D eigenvalue weighted by molar-refractivity contribution is -0.137. The van der Waals surface area contributed by atoms with E-state index >= 15 is 0 Å². The Labute approximate surface area is 119 Å². The fourth-order valence-corrected chi connectivity index (χ4v) is 3.56. The Bertz CT molecular complexity index is 598. The van der Waals surface area contributed by atoms with E-state index in [0.717, 1.165) is 6.07 Å². The summed E-state index contributed by atoms with van der Waals surface area (Å²) in [5.41, 5.74) is -1.09. The van der Waals surface area contributed by atoms with Gasteiger partial charge in [0.15, 0.2) is 0 Å². The summed E-state index contributed by atoms with van der Waals surface area (Å²) in [5, 5.41) is 2.69. The van der Waals surface area contributed by atoms with E-state index in [2.05, 4.69) is 10.0 Å². The highest BCUT2D eigenvalue weighted by Crippen LogP contribution is 2.33. The minimum Gasteiger partial charge on any atom is -0.315 e. The van der Waals surface area contributed by atoms with E-state index < -0.39 is 26.7 Å². The van der Waals surface area contributed by atoms with Gasteiger partial charge in [-0.2, -0.15) is 13.2 Å². The SMILES string of the molecule is O=S(=O)(NC1CCNC1)c1cc(Cl)cc(C(F)(F)F)c1. The zero-order valence-electron chi connectivity index (χ0n) is 10.2. The van der Waals surface area contributed by atoms with Crippen LogP contribution in [0.15, 0.2) is 23.1 Å². The number of halogens is 4. The lowest BCUT2D eigenvalue weighted by Gasteiger charge is -2.14. The molecule has 1 aliphatic rings. The minimum atomic E-state index is -4.65. The van der Waals surface area contributed by atoms with Crippen molar-refractivity contribution in [2.24, 2.45) is 0 Å². The van der Waals surface area contributed by atoms with Crippen LogP contribution in [0.3, 0.4) is 0 Å². The smallest absolute Gasteiger partial charge is 0.315 e. The van der Waals surface area contributed by atoms with E-state index in [0.29, 0.717) is 31.6 Å². The van der Waals surface area contributed by atoms with Crippen LogP contribution < -0.4 is 10.0 Å². The quantitative estimate of drug-likeness (QED) is 0.892. The van der Waals surface area contributed by atoms with Crippen LogP contribution in [-0.4, -0.2) is 27.5 Å². The predicted molar refractivity (Wildman–Crippen MR) is 68.1 cm³/mol. The summed E-state index contributed by atoms with van der Waals surface area (Å²) in [4.78, 5) is -0.482. The Hall–Kier alpha value is -0.830. The van der Waals surface area contributed by atoms with E-state index in [4.69, 9.17) is 11.6 Å². The fraction of sp³-hybridized carbons (Fsp3) is 0.455. The first-order chi connectivity index (χ1) is 9.18. The Balaban J connectivity index is 2.33. The molecular weight excluding hydrogens is 317 g/mol. The topological polar surface area (TPSA) is 58.2 Å². The lowest BCUT2D eigenvalue weighted by Crippen LogP contribution is -2.36. The molecule has 0 radical (unpaired) electrons. The van der Waals surface area contributed by atoms with Gasteiger partial charge in [-0.05, 0) is 31.2 Å². The average molecular weight is 329 g/mol. The second-order valence-corrected chi connectivity index (χ2v) is 6.63. The molecule has 1 atom stereocenters. The molecule has 9 heteroatoms. The van der Waals surface area contributed by atoms with Gasteiger partial charge >= 0.3 is 6.18 Å². The van der Waals surface area contributed by atoms with Gasteiger partial charge in [-0.15, -0.1) is 0 Å². The van der Waals surface area contributed by atoms with Crippen LogP contribution in [0.1, 0.15) is 12.0 Å². The van der Waals surface area contributed by atoms with Crippen LogP contribution in [0.4, 0.5) is 13.2 Å². The zero-order chi connectivity index (χ0) is 15.0. The number of nitrogens with one attached hydrogen (secondary N) is 2. The Morgan fingerprint density at radius 3 is 2.55 bits per heavy atom. The molecule has 1 aliphatic heterocycles. The Kier molecular flexibility index (Phi) is 4.29. The first-order valence-corrected chi connectivity index (χ1v) is 7.65. The normalized spacial score (nSPS) is 20.3. The van der Waals surface area contributed by atoms with Crippen molar-refractivity contribution in [3.8, 4) is 0 Å². The minimum absolute atomic E-state index is 0.273. The molecule has 1 fully saturated rings. The van der Waals surface area contributed by atoms with Crippen molar-refractivity contribution >= 4 is 21.6 Å². The third kappa shape index (κ3) is 3.63. The first-order valence-electron chi connectivity index (χ1n) is 5.79. The molecule has 0 bridgehead atoms. The van der Waals surface area contributed by atoms with Crippen molar-refractivity contribution in [2.45, 2.75) is 23.5 Å². The highest BCUT2D eigenvalue weighted by Gasteiger charge is 2.33. The summed E-state index contributed by atoms with van der Waals surface area (Å²) in [6, 6.07) is 1.95. The standard InChI is InChI=1S/C11H12ClF3N2O2S/c12-8-3-7(11(13,14)15)4-10(5-8)20(18,19)17-9-1-2-16-6-9/h3-5,9,16-17H,1-2,6H2. The van der Waals surface area contributed by atoms with E-state index in [1.165, 1.54) is 0 Å². The van der Waals surface area contributed by atoms with Crippen molar-refractivity contribution < 1.29 is 21.6 Å². The average Bonchev–Trinajstić information content (AvgIpc) is 2.79. The summed E-state index contributed by atoms with van der Waals surface area (Å²) in [6.45, 7) is 1.11. The molecule has 20 heavy (non-hydrogen) atoms. The molecule has 0 spiro atoms. The largest absolute Gasteiger partial charge is 0.416 e. The van der Waals surface area contributed by atoms with Crippen LogP contribution in [0, 0.1) is 0 Å². The van der Waals surface area contributed by atoms with E-state index in [9.17, 15) is 21.6 Å². The van der Waals surface area contributed by atoms with Gasteiger partial charge in [-0.25, -0.2) is 13.1 Å². The fourth-order valence-electron chi connectivity index (χ4n) is 1.92. The summed E-state index contributed by atoms with van der Waals surface area (Å²) >= 11 is 5.57. The molecule has 0 aliphatic carbocycles. The third-order valence-corrected chi connectivity index (χ3v) is 4.61. The van der Waals surface area contributed by atoms with Crippen LogP contribution in [0.5, 0.6) is 0 Å². The molecule has 1 saturated heterocycles. The third-order valence-electron chi connectivity index (χ3n) is 2.89. The molecule has 2 rings (SSSR count). The number of alkyl halides is 3. The number of sulfonamides is 1. The van der Waals surface area contributed by atoms with Crippen molar-refractivity contribution in [3.05, 3.63) is 28.8 Å². The van der Waals surface area contributed by atoms with Gasteiger partial charge in [0.2, 0.25) is 10.0 Å². The van der Waals surface area contributed by atoms with E-state index in [-0.39, 0.29) is 11.1 Å². The van der Waals surface area contributed by atoms with Crippen molar-refractivity contribution in [2.75, 3.05) is 13.1 Å². The maximum atomic E-state index is 12.7. The van der Waals surface area contributed by atoms with Crippen LogP contribution in [0.2, 0.25) is 5.02 Å². The van der Waals surface area contributed by atoms with Crippen LogP contribution >= 0.6 is 11.6 Å². The molecule has 0 amide bonds.